The Morgan fingerprint density at radius 3 is 2.24 bits per heavy atom. The summed E-state index contributed by atoms with van der Waals surface area (Å²) in [5.41, 5.74) is 2.37. The zero-order valence-corrected chi connectivity index (χ0v) is 12.2. The zero-order valence-electron chi connectivity index (χ0n) is 12.2. The summed E-state index contributed by atoms with van der Waals surface area (Å²) >= 11 is 0. The number of carbonyl (C=O) groups is 1. The minimum Gasteiger partial charge on any atom is -0.494 e. The highest BCUT2D eigenvalue weighted by Gasteiger charge is 2.01. The molecule has 0 aliphatic rings. The van der Waals surface area contributed by atoms with Crippen LogP contribution in [0.3, 0.4) is 0 Å². The average Bonchev–Trinajstić information content (AvgIpc) is 2.55. The molecule has 2 aromatic carbocycles. The zero-order chi connectivity index (χ0) is 14.9. The minimum atomic E-state index is -0.165. The lowest BCUT2D eigenvalue weighted by Crippen LogP contribution is -2.02. The van der Waals surface area contributed by atoms with Gasteiger partial charge in [0.25, 0.3) is 0 Å². The average molecular weight is 284 g/mol. The van der Waals surface area contributed by atoms with E-state index in [9.17, 15) is 4.79 Å². The summed E-state index contributed by atoms with van der Waals surface area (Å²) in [6.45, 7) is 0.613. The van der Waals surface area contributed by atoms with E-state index in [1.807, 2.05) is 30.3 Å². The second kappa shape index (κ2) is 8.10. The highest BCUT2D eigenvalue weighted by molar-refractivity contribution is 5.69. The molecule has 0 spiro atoms. The number of methoxy groups -OCH3 is 1. The van der Waals surface area contributed by atoms with Gasteiger partial charge in [-0.15, -0.1) is 0 Å². The lowest BCUT2D eigenvalue weighted by Gasteiger charge is -2.07. The van der Waals surface area contributed by atoms with Crippen molar-refractivity contribution < 1.29 is 14.3 Å². The van der Waals surface area contributed by atoms with Crippen LogP contribution in [-0.2, 0) is 9.53 Å². The predicted octanol–water partition coefficient (Wildman–Crippen LogP) is 4.08. The lowest BCUT2D eigenvalue weighted by molar-refractivity contribution is -0.140. The first-order valence-corrected chi connectivity index (χ1v) is 7.14. The van der Waals surface area contributed by atoms with Crippen LogP contribution in [0.5, 0.6) is 5.75 Å². The Morgan fingerprint density at radius 2 is 1.57 bits per heavy atom. The maximum absolute atomic E-state index is 11.0. The van der Waals surface area contributed by atoms with E-state index in [1.54, 1.807) is 0 Å². The van der Waals surface area contributed by atoms with Gasteiger partial charge in [0.1, 0.15) is 5.75 Å². The molecule has 3 heteroatoms. The summed E-state index contributed by atoms with van der Waals surface area (Å²) in [6.07, 6.45) is 2.08. The van der Waals surface area contributed by atoms with Crippen molar-refractivity contribution in [2.24, 2.45) is 0 Å². The standard InChI is InChI=1S/C18H20O3/c1-20-18(19)9-5-6-14-21-17-12-10-16(11-13-17)15-7-3-2-4-8-15/h2-4,7-8,10-13H,5-6,9,14H2,1H3. The molecular weight excluding hydrogens is 264 g/mol. The smallest absolute Gasteiger partial charge is 0.305 e. The summed E-state index contributed by atoms with van der Waals surface area (Å²) in [6, 6.07) is 18.3. The molecule has 0 unspecified atom stereocenters. The maximum atomic E-state index is 11.0. The van der Waals surface area contributed by atoms with Gasteiger partial charge < -0.3 is 9.47 Å². The summed E-state index contributed by atoms with van der Waals surface area (Å²) in [5.74, 6) is 0.690. The molecule has 0 aromatic heterocycles. The summed E-state index contributed by atoms with van der Waals surface area (Å²) in [4.78, 5) is 11.0. The Morgan fingerprint density at radius 1 is 0.905 bits per heavy atom. The molecule has 0 aliphatic heterocycles. The molecule has 3 nitrogen and oxygen atoms in total. The van der Waals surface area contributed by atoms with Crippen molar-refractivity contribution in [1.82, 2.24) is 0 Å². The van der Waals surface area contributed by atoms with Crippen LogP contribution in [-0.4, -0.2) is 19.7 Å². The summed E-state index contributed by atoms with van der Waals surface area (Å²) in [7, 11) is 1.41. The third kappa shape index (κ3) is 4.95. The van der Waals surface area contributed by atoms with Gasteiger partial charge in [-0.2, -0.15) is 0 Å². The number of ether oxygens (including phenoxy) is 2. The Bertz CT molecular complexity index is 546. The molecule has 0 bridgehead atoms. The normalized spacial score (nSPS) is 10.1. The largest absolute Gasteiger partial charge is 0.494 e. The SMILES string of the molecule is COC(=O)CCCCOc1ccc(-c2ccccc2)cc1. The molecule has 0 amide bonds. The van der Waals surface area contributed by atoms with E-state index in [2.05, 4.69) is 29.0 Å². The molecule has 0 N–H and O–H groups in total. The molecule has 0 saturated carbocycles. The predicted molar refractivity (Wildman–Crippen MR) is 83.2 cm³/mol. The van der Waals surface area contributed by atoms with Crippen molar-refractivity contribution in [3.05, 3.63) is 54.6 Å². The Labute approximate surface area is 125 Å². The van der Waals surface area contributed by atoms with Gasteiger partial charge in [-0.05, 0) is 36.1 Å². The molecular formula is C18H20O3. The third-order valence-corrected chi connectivity index (χ3v) is 3.23. The fourth-order valence-electron chi connectivity index (χ4n) is 2.04. The van der Waals surface area contributed by atoms with E-state index in [-0.39, 0.29) is 5.97 Å². The van der Waals surface area contributed by atoms with Crippen LogP contribution in [0.25, 0.3) is 11.1 Å². The number of benzene rings is 2. The number of esters is 1. The Hall–Kier alpha value is -2.29. The molecule has 0 aliphatic carbocycles. The second-order valence-electron chi connectivity index (χ2n) is 4.77. The minimum absolute atomic E-state index is 0.165. The molecule has 110 valence electrons. The van der Waals surface area contributed by atoms with E-state index in [0.29, 0.717) is 13.0 Å². The molecule has 0 heterocycles. The highest BCUT2D eigenvalue weighted by Crippen LogP contribution is 2.22. The van der Waals surface area contributed by atoms with Crippen LogP contribution in [0.1, 0.15) is 19.3 Å². The van der Waals surface area contributed by atoms with Crippen LogP contribution < -0.4 is 4.74 Å². The molecule has 21 heavy (non-hydrogen) atoms. The van der Waals surface area contributed by atoms with Crippen LogP contribution in [0, 0.1) is 0 Å². The van der Waals surface area contributed by atoms with Crippen molar-refractivity contribution in [2.75, 3.05) is 13.7 Å². The number of carbonyl (C=O) groups excluding carboxylic acids is 1. The topological polar surface area (TPSA) is 35.5 Å². The number of unbranched alkanes of at least 4 members (excludes halogenated alkanes) is 1. The molecule has 2 aromatic rings. The Balaban J connectivity index is 1.77. The van der Waals surface area contributed by atoms with Crippen LogP contribution in [0.4, 0.5) is 0 Å². The molecule has 2 rings (SSSR count). The van der Waals surface area contributed by atoms with Gasteiger partial charge in [-0.1, -0.05) is 42.5 Å². The second-order valence-corrected chi connectivity index (χ2v) is 4.77. The first-order valence-electron chi connectivity index (χ1n) is 7.14. The highest BCUT2D eigenvalue weighted by atomic mass is 16.5. The molecule has 0 fully saturated rings. The van der Waals surface area contributed by atoms with Gasteiger partial charge in [0.15, 0.2) is 0 Å². The van der Waals surface area contributed by atoms with E-state index in [1.165, 1.54) is 18.2 Å². The van der Waals surface area contributed by atoms with Crippen LogP contribution in [0.2, 0.25) is 0 Å². The maximum Gasteiger partial charge on any atom is 0.305 e. The Kier molecular flexibility index (Phi) is 5.83. The fraction of sp³-hybridized carbons (Fsp3) is 0.278. The monoisotopic (exact) mass is 284 g/mol. The van der Waals surface area contributed by atoms with Crippen molar-refractivity contribution in [3.63, 3.8) is 0 Å². The van der Waals surface area contributed by atoms with Crippen LogP contribution in [0.15, 0.2) is 54.6 Å². The van der Waals surface area contributed by atoms with E-state index >= 15 is 0 Å². The van der Waals surface area contributed by atoms with Crippen molar-refractivity contribution in [2.45, 2.75) is 19.3 Å². The summed E-state index contributed by atoms with van der Waals surface area (Å²) < 4.78 is 10.3. The number of hydrogen-bond acceptors (Lipinski definition) is 3. The number of hydrogen-bond donors (Lipinski definition) is 0. The quantitative estimate of drug-likeness (QED) is 0.568. The number of rotatable bonds is 7. The van der Waals surface area contributed by atoms with E-state index in [0.717, 1.165) is 18.6 Å². The van der Waals surface area contributed by atoms with Gasteiger partial charge in [0.2, 0.25) is 0 Å². The van der Waals surface area contributed by atoms with Gasteiger partial charge >= 0.3 is 5.97 Å². The lowest BCUT2D eigenvalue weighted by atomic mass is 10.1. The van der Waals surface area contributed by atoms with Gasteiger partial charge in [0.05, 0.1) is 13.7 Å². The van der Waals surface area contributed by atoms with Crippen molar-refractivity contribution in [3.8, 4) is 16.9 Å². The first kappa shape index (κ1) is 15.1. The van der Waals surface area contributed by atoms with Gasteiger partial charge in [-0.25, -0.2) is 0 Å². The van der Waals surface area contributed by atoms with E-state index in [4.69, 9.17) is 4.74 Å². The first-order chi connectivity index (χ1) is 10.3. The van der Waals surface area contributed by atoms with Crippen molar-refractivity contribution >= 4 is 5.97 Å². The third-order valence-electron chi connectivity index (χ3n) is 3.23. The molecule has 0 saturated heterocycles. The van der Waals surface area contributed by atoms with Crippen LogP contribution >= 0.6 is 0 Å². The molecule has 0 radical (unpaired) electrons. The fourth-order valence-corrected chi connectivity index (χ4v) is 2.04. The van der Waals surface area contributed by atoms with Crippen molar-refractivity contribution in [1.29, 1.82) is 0 Å². The molecule has 0 atom stereocenters. The van der Waals surface area contributed by atoms with Gasteiger partial charge in [-0.3, -0.25) is 4.79 Å². The van der Waals surface area contributed by atoms with E-state index < -0.39 is 0 Å². The summed E-state index contributed by atoms with van der Waals surface area (Å²) in [5, 5.41) is 0. The van der Waals surface area contributed by atoms with Gasteiger partial charge in [0, 0.05) is 6.42 Å².